The van der Waals surface area contributed by atoms with Crippen molar-refractivity contribution in [3.05, 3.63) is 83.6 Å². The average molecular weight is 389 g/mol. The van der Waals surface area contributed by atoms with Crippen LogP contribution in [0.5, 0.6) is 0 Å². The maximum atomic E-state index is 12.4. The number of nitrogens with zero attached hydrogens (tertiary/aromatic N) is 1. The van der Waals surface area contributed by atoms with E-state index in [2.05, 4.69) is 22.5 Å². The van der Waals surface area contributed by atoms with Crippen molar-refractivity contribution in [2.24, 2.45) is 0 Å². The Balaban J connectivity index is 1.69. The second-order valence-corrected chi connectivity index (χ2v) is 6.33. The van der Waals surface area contributed by atoms with E-state index < -0.39 is 5.97 Å². The predicted octanol–water partition coefficient (Wildman–Crippen LogP) is 4.82. The molecule has 2 aromatic carbocycles. The van der Waals surface area contributed by atoms with Crippen LogP contribution in [-0.2, 0) is 11.2 Å². The maximum Gasteiger partial charge on any atom is 0.340 e. The van der Waals surface area contributed by atoms with E-state index in [4.69, 9.17) is 4.74 Å². The van der Waals surface area contributed by atoms with Gasteiger partial charge >= 0.3 is 5.97 Å². The minimum Gasteiger partial charge on any atom is -0.462 e. The van der Waals surface area contributed by atoms with Crippen LogP contribution >= 0.6 is 0 Å². The van der Waals surface area contributed by atoms with E-state index in [1.54, 1.807) is 37.3 Å². The molecule has 0 atom stereocenters. The lowest BCUT2D eigenvalue weighted by Gasteiger charge is -2.11. The SMILES string of the molecule is CCOC(=O)c1ccccc1Nc1ccc(C(=O)Nc2ccc(CC)cc2)cn1. The summed E-state index contributed by atoms with van der Waals surface area (Å²) in [5.41, 5.74) is 3.40. The molecule has 1 heterocycles. The first-order valence-electron chi connectivity index (χ1n) is 9.50. The molecule has 0 saturated heterocycles. The Kier molecular flexibility index (Phi) is 6.58. The van der Waals surface area contributed by atoms with Crippen molar-refractivity contribution in [1.82, 2.24) is 4.98 Å². The van der Waals surface area contributed by atoms with Gasteiger partial charge in [-0.05, 0) is 55.3 Å². The normalized spacial score (nSPS) is 10.3. The minimum atomic E-state index is -0.402. The fraction of sp³-hybridized carbons (Fsp3) is 0.174. The van der Waals surface area contributed by atoms with Crippen LogP contribution in [0.2, 0.25) is 0 Å². The van der Waals surface area contributed by atoms with Crippen molar-refractivity contribution < 1.29 is 14.3 Å². The summed E-state index contributed by atoms with van der Waals surface area (Å²) in [6.45, 7) is 4.15. The van der Waals surface area contributed by atoms with Gasteiger partial charge in [0, 0.05) is 11.9 Å². The number of amides is 1. The van der Waals surface area contributed by atoms with Crippen LogP contribution in [0, 0.1) is 0 Å². The van der Waals surface area contributed by atoms with Crippen LogP contribution in [0.15, 0.2) is 66.9 Å². The number of hydrogen-bond donors (Lipinski definition) is 2. The average Bonchev–Trinajstić information content (AvgIpc) is 2.75. The number of benzene rings is 2. The molecule has 3 rings (SSSR count). The summed E-state index contributed by atoms with van der Waals surface area (Å²) < 4.78 is 5.08. The lowest BCUT2D eigenvalue weighted by molar-refractivity contribution is 0.0527. The van der Waals surface area contributed by atoms with Crippen molar-refractivity contribution in [2.75, 3.05) is 17.2 Å². The van der Waals surface area contributed by atoms with Crippen LogP contribution < -0.4 is 10.6 Å². The summed E-state index contributed by atoms with van der Waals surface area (Å²) in [5, 5.41) is 5.95. The molecule has 6 nitrogen and oxygen atoms in total. The first-order valence-corrected chi connectivity index (χ1v) is 9.50. The number of carbonyl (C=O) groups is 2. The van der Waals surface area contributed by atoms with Crippen molar-refractivity contribution in [1.29, 1.82) is 0 Å². The van der Waals surface area contributed by atoms with E-state index in [1.165, 1.54) is 11.8 Å². The number of pyridine rings is 1. The number of para-hydroxylation sites is 1. The van der Waals surface area contributed by atoms with E-state index in [1.807, 2.05) is 30.3 Å². The number of anilines is 3. The topological polar surface area (TPSA) is 80.3 Å². The highest BCUT2D eigenvalue weighted by atomic mass is 16.5. The molecule has 29 heavy (non-hydrogen) atoms. The third kappa shape index (κ3) is 5.19. The van der Waals surface area contributed by atoms with Gasteiger partial charge in [-0.25, -0.2) is 9.78 Å². The van der Waals surface area contributed by atoms with Gasteiger partial charge in [-0.2, -0.15) is 0 Å². The summed E-state index contributed by atoms with van der Waals surface area (Å²) in [6, 6.07) is 18.2. The second kappa shape index (κ2) is 9.50. The standard InChI is InChI=1S/C23H23N3O3/c1-3-16-9-12-18(13-10-16)25-22(27)17-11-14-21(24-15-17)26-20-8-6-5-7-19(20)23(28)29-4-2/h5-15H,3-4H2,1-2H3,(H,24,26)(H,25,27). The summed E-state index contributed by atoms with van der Waals surface area (Å²) in [6.07, 6.45) is 2.44. The summed E-state index contributed by atoms with van der Waals surface area (Å²) in [5.74, 6) is -0.119. The number of ether oxygens (including phenoxy) is 1. The third-order valence-corrected chi connectivity index (χ3v) is 4.33. The minimum absolute atomic E-state index is 0.236. The maximum absolute atomic E-state index is 12.4. The molecule has 0 bridgehead atoms. The van der Waals surface area contributed by atoms with Gasteiger partial charge in [0.1, 0.15) is 5.82 Å². The van der Waals surface area contributed by atoms with Gasteiger partial charge in [0.2, 0.25) is 0 Å². The molecule has 2 N–H and O–H groups in total. The molecule has 0 saturated carbocycles. The van der Waals surface area contributed by atoms with E-state index in [0.717, 1.165) is 12.1 Å². The molecule has 1 aromatic heterocycles. The lowest BCUT2D eigenvalue weighted by atomic mass is 10.1. The van der Waals surface area contributed by atoms with E-state index >= 15 is 0 Å². The second-order valence-electron chi connectivity index (χ2n) is 6.33. The number of aryl methyl sites for hydroxylation is 1. The van der Waals surface area contributed by atoms with Crippen molar-refractivity contribution in [3.8, 4) is 0 Å². The Morgan fingerprint density at radius 3 is 2.38 bits per heavy atom. The smallest absolute Gasteiger partial charge is 0.340 e. The largest absolute Gasteiger partial charge is 0.462 e. The van der Waals surface area contributed by atoms with Gasteiger partial charge in [-0.1, -0.05) is 31.2 Å². The van der Waals surface area contributed by atoms with Crippen molar-refractivity contribution in [2.45, 2.75) is 20.3 Å². The summed E-state index contributed by atoms with van der Waals surface area (Å²) >= 11 is 0. The number of rotatable bonds is 7. The molecule has 6 heteroatoms. The number of aromatic nitrogens is 1. The number of nitrogens with one attached hydrogen (secondary N) is 2. The van der Waals surface area contributed by atoms with Crippen LogP contribution in [0.4, 0.5) is 17.2 Å². The summed E-state index contributed by atoms with van der Waals surface area (Å²) in [4.78, 5) is 28.8. The monoisotopic (exact) mass is 389 g/mol. The Hall–Kier alpha value is -3.67. The highest BCUT2D eigenvalue weighted by molar-refractivity contribution is 6.04. The predicted molar refractivity (Wildman–Crippen MR) is 114 cm³/mol. The molecule has 0 fully saturated rings. The Morgan fingerprint density at radius 1 is 0.966 bits per heavy atom. The highest BCUT2D eigenvalue weighted by Crippen LogP contribution is 2.21. The zero-order valence-corrected chi connectivity index (χ0v) is 16.4. The van der Waals surface area contributed by atoms with Gasteiger partial charge in [0.25, 0.3) is 5.91 Å². The number of carbonyl (C=O) groups excluding carboxylic acids is 2. The molecule has 3 aromatic rings. The fourth-order valence-electron chi connectivity index (χ4n) is 2.75. The molecule has 0 spiro atoms. The van der Waals surface area contributed by atoms with Gasteiger partial charge in [-0.3, -0.25) is 4.79 Å². The zero-order valence-electron chi connectivity index (χ0n) is 16.4. The summed E-state index contributed by atoms with van der Waals surface area (Å²) in [7, 11) is 0. The van der Waals surface area contributed by atoms with Crippen LogP contribution in [0.1, 0.15) is 40.1 Å². The molecule has 1 amide bonds. The molecule has 0 aliphatic rings. The number of hydrogen-bond acceptors (Lipinski definition) is 5. The quantitative estimate of drug-likeness (QED) is 0.567. The fourth-order valence-corrected chi connectivity index (χ4v) is 2.75. The van der Waals surface area contributed by atoms with Gasteiger partial charge in [0.05, 0.1) is 23.4 Å². The first kappa shape index (κ1) is 20.1. The molecular formula is C23H23N3O3. The lowest BCUT2D eigenvalue weighted by Crippen LogP contribution is -2.12. The molecular weight excluding hydrogens is 366 g/mol. The van der Waals surface area contributed by atoms with Crippen LogP contribution in [0.3, 0.4) is 0 Å². The molecule has 0 aliphatic heterocycles. The Labute approximate surface area is 169 Å². The first-order chi connectivity index (χ1) is 14.1. The van der Waals surface area contributed by atoms with E-state index in [0.29, 0.717) is 29.2 Å². The van der Waals surface area contributed by atoms with Gasteiger partial charge in [-0.15, -0.1) is 0 Å². The van der Waals surface area contributed by atoms with E-state index in [9.17, 15) is 9.59 Å². The Morgan fingerprint density at radius 2 is 1.72 bits per heavy atom. The van der Waals surface area contributed by atoms with Crippen LogP contribution in [0.25, 0.3) is 0 Å². The van der Waals surface area contributed by atoms with Crippen LogP contribution in [-0.4, -0.2) is 23.5 Å². The third-order valence-electron chi connectivity index (χ3n) is 4.33. The van der Waals surface area contributed by atoms with Gasteiger partial charge in [0.15, 0.2) is 0 Å². The Bertz CT molecular complexity index is 983. The molecule has 0 radical (unpaired) electrons. The van der Waals surface area contributed by atoms with Crippen molar-refractivity contribution in [3.63, 3.8) is 0 Å². The zero-order chi connectivity index (χ0) is 20.6. The van der Waals surface area contributed by atoms with Gasteiger partial charge < -0.3 is 15.4 Å². The molecule has 0 unspecified atom stereocenters. The molecule has 148 valence electrons. The van der Waals surface area contributed by atoms with Crippen molar-refractivity contribution >= 4 is 29.1 Å². The highest BCUT2D eigenvalue weighted by Gasteiger charge is 2.13. The molecule has 0 aliphatic carbocycles. The number of esters is 1. The van der Waals surface area contributed by atoms with E-state index in [-0.39, 0.29) is 5.91 Å².